The largest absolute Gasteiger partial charge is 0.392 e. The van der Waals surface area contributed by atoms with Crippen molar-refractivity contribution >= 4 is 11.6 Å². The molecule has 5 heteroatoms. The molecular formula is C9H9F2NO2. The Morgan fingerprint density at radius 2 is 2.21 bits per heavy atom. The first-order valence-corrected chi connectivity index (χ1v) is 3.92. The van der Waals surface area contributed by atoms with Crippen molar-refractivity contribution < 1.29 is 18.7 Å². The van der Waals surface area contributed by atoms with Gasteiger partial charge in [-0.1, -0.05) is 12.1 Å². The van der Waals surface area contributed by atoms with Gasteiger partial charge in [0, 0.05) is 5.69 Å². The van der Waals surface area contributed by atoms with Gasteiger partial charge in [0.2, 0.25) is 0 Å². The van der Waals surface area contributed by atoms with E-state index in [1.807, 2.05) is 5.32 Å². The number of halogens is 2. The molecule has 1 aromatic rings. The van der Waals surface area contributed by atoms with Crippen molar-refractivity contribution in [2.24, 2.45) is 0 Å². The van der Waals surface area contributed by atoms with Gasteiger partial charge in [0.15, 0.2) is 0 Å². The fourth-order valence-electron chi connectivity index (χ4n) is 0.944. The van der Waals surface area contributed by atoms with E-state index in [-0.39, 0.29) is 12.3 Å². The minimum absolute atomic E-state index is 0.196. The van der Waals surface area contributed by atoms with Crippen LogP contribution in [0.2, 0.25) is 0 Å². The second-order valence-electron chi connectivity index (χ2n) is 2.65. The van der Waals surface area contributed by atoms with Gasteiger partial charge >= 0.3 is 6.43 Å². The van der Waals surface area contributed by atoms with Gasteiger partial charge in [-0.3, -0.25) is 4.79 Å². The van der Waals surface area contributed by atoms with Crippen molar-refractivity contribution in [2.75, 3.05) is 5.32 Å². The van der Waals surface area contributed by atoms with E-state index in [0.717, 1.165) is 0 Å². The Kier molecular flexibility index (Phi) is 3.53. The zero-order valence-electron chi connectivity index (χ0n) is 7.21. The quantitative estimate of drug-likeness (QED) is 0.776. The summed E-state index contributed by atoms with van der Waals surface area (Å²) in [5, 5.41) is 10.8. The van der Waals surface area contributed by atoms with Crippen molar-refractivity contribution in [3.8, 4) is 0 Å². The van der Waals surface area contributed by atoms with Crippen LogP contribution >= 0.6 is 0 Å². The van der Waals surface area contributed by atoms with Crippen LogP contribution in [0.4, 0.5) is 14.5 Å². The number of anilines is 1. The molecule has 0 spiro atoms. The van der Waals surface area contributed by atoms with E-state index in [1.165, 1.54) is 12.1 Å². The number of amides is 1. The molecule has 76 valence electrons. The van der Waals surface area contributed by atoms with E-state index in [9.17, 15) is 13.6 Å². The maximum atomic E-state index is 11.8. The molecule has 0 unspecified atom stereocenters. The molecule has 0 heterocycles. The molecule has 0 saturated heterocycles. The average molecular weight is 201 g/mol. The summed E-state index contributed by atoms with van der Waals surface area (Å²) in [6.07, 6.45) is -3.03. The molecule has 0 aromatic heterocycles. The number of benzene rings is 1. The van der Waals surface area contributed by atoms with E-state index in [4.69, 9.17) is 5.11 Å². The molecule has 0 aliphatic heterocycles. The highest BCUT2D eigenvalue weighted by molar-refractivity contribution is 5.93. The fraction of sp³-hybridized carbons (Fsp3) is 0.222. The van der Waals surface area contributed by atoms with E-state index in [1.54, 1.807) is 12.1 Å². The second kappa shape index (κ2) is 4.66. The van der Waals surface area contributed by atoms with Crippen LogP contribution in [0.5, 0.6) is 0 Å². The molecule has 0 bridgehead atoms. The van der Waals surface area contributed by atoms with Gasteiger partial charge in [-0.05, 0) is 17.7 Å². The van der Waals surface area contributed by atoms with Crippen LogP contribution in [0.3, 0.4) is 0 Å². The Bertz CT molecular complexity index is 328. The van der Waals surface area contributed by atoms with E-state index in [0.29, 0.717) is 5.56 Å². The smallest absolute Gasteiger partial charge is 0.315 e. The number of alkyl halides is 2. The lowest BCUT2D eigenvalue weighted by Gasteiger charge is -2.05. The molecule has 14 heavy (non-hydrogen) atoms. The molecule has 0 radical (unpaired) electrons. The average Bonchev–Trinajstić information content (AvgIpc) is 2.18. The first-order chi connectivity index (χ1) is 6.63. The van der Waals surface area contributed by atoms with Gasteiger partial charge in [-0.25, -0.2) is 0 Å². The third-order valence-electron chi connectivity index (χ3n) is 1.58. The number of carbonyl (C=O) groups is 1. The third kappa shape index (κ3) is 2.77. The van der Waals surface area contributed by atoms with Crippen molar-refractivity contribution in [3.63, 3.8) is 0 Å². The maximum Gasteiger partial charge on any atom is 0.315 e. The summed E-state index contributed by atoms with van der Waals surface area (Å²) in [4.78, 5) is 10.6. The highest BCUT2D eigenvalue weighted by Gasteiger charge is 2.14. The molecule has 0 aliphatic carbocycles. The number of hydrogen-bond acceptors (Lipinski definition) is 2. The number of aliphatic hydroxyl groups excluding tert-OH is 1. The lowest BCUT2D eigenvalue weighted by molar-refractivity contribution is -0.126. The van der Waals surface area contributed by atoms with Crippen LogP contribution < -0.4 is 5.32 Å². The first-order valence-electron chi connectivity index (χ1n) is 3.92. The number of aliphatic hydroxyl groups is 1. The zero-order chi connectivity index (χ0) is 10.6. The van der Waals surface area contributed by atoms with Gasteiger partial charge in [-0.15, -0.1) is 0 Å². The van der Waals surface area contributed by atoms with Crippen LogP contribution in [0, 0.1) is 0 Å². The van der Waals surface area contributed by atoms with Gasteiger partial charge in [0.05, 0.1) is 6.61 Å². The molecule has 3 nitrogen and oxygen atoms in total. The highest BCUT2D eigenvalue weighted by atomic mass is 19.3. The molecule has 1 rings (SSSR count). The predicted octanol–water partition coefficient (Wildman–Crippen LogP) is 1.38. The predicted molar refractivity (Wildman–Crippen MR) is 47.0 cm³/mol. The number of hydrogen-bond donors (Lipinski definition) is 2. The normalized spacial score (nSPS) is 10.3. The molecular weight excluding hydrogens is 192 g/mol. The van der Waals surface area contributed by atoms with Gasteiger partial charge in [-0.2, -0.15) is 8.78 Å². The van der Waals surface area contributed by atoms with Crippen LogP contribution in [0.1, 0.15) is 5.56 Å². The molecule has 0 fully saturated rings. The molecule has 0 aliphatic rings. The number of carbonyl (C=O) groups excluding carboxylic acids is 1. The van der Waals surface area contributed by atoms with E-state index < -0.39 is 12.3 Å². The van der Waals surface area contributed by atoms with Crippen LogP contribution in [-0.4, -0.2) is 17.4 Å². The first kappa shape index (κ1) is 10.6. The number of nitrogens with one attached hydrogen (secondary N) is 1. The third-order valence-corrected chi connectivity index (χ3v) is 1.58. The lowest BCUT2D eigenvalue weighted by atomic mass is 10.2. The van der Waals surface area contributed by atoms with E-state index >= 15 is 0 Å². The van der Waals surface area contributed by atoms with Gasteiger partial charge < -0.3 is 10.4 Å². The Morgan fingerprint density at radius 1 is 1.50 bits per heavy atom. The van der Waals surface area contributed by atoms with Crippen LogP contribution in [0.15, 0.2) is 24.3 Å². The SMILES string of the molecule is O=C(Nc1cccc(CO)c1)C(F)F. The van der Waals surface area contributed by atoms with Crippen molar-refractivity contribution in [3.05, 3.63) is 29.8 Å². The van der Waals surface area contributed by atoms with E-state index in [2.05, 4.69) is 0 Å². The fourth-order valence-corrected chi connectivity index (χ4v) is 0.944. The Labute approximate surface area is 79.4 Å². The van der Waals surface area contributed by atoms with Crippen molar-refractivity contribution in [1.82, 2.24) is 0 Å². The molecule has 0 saturated carbocycles. The van der Waals surface area contributed by atoms with Crippen molar-refractivity contribution in [2.45, 2.75) is 13.0 Å². The monoisotopic (exact) mass is 201 g/mol. The van der Waals surface area contributed by atoms with Gasteiger partial charge in [0.1, 0.15) is 0 Å². The molecule has 0 atom stereocenters. The Morgan fingerprint density at radius 3 is 2.79 bits per heavy atom. The summed E-state index contributed by atoms with van der Waals surface area (Å²) in [6, 6.07) is 6.09. The summed E-state index contributed by atoms with van der Waals surface area (Å²) in [5.74, 6) is -1.35. The molecule has 1 aromatic carbocycles. The minimum atomic E-state index is -3.03. The van der Waals surface area contributed by atoms with Gasteiger partial charge in [0.25, 0.3) is 5.91 Å². The second-order valence-corrected chi connectivity index (χ2v) is 2.65. The standard InChI is InChI=1S/C9H9F2NO2/c10-8(11)9(14)12-7-3-1-2-6(4-7)5-13/h1-4,8,13H,5H2,(H,12,14). The maximum absolute atomic E-state index is 11.8. The summed E-state index contributed by atoms with van der Waals surface area (Å²) >= 11 is 0. The Balaban J connectivity index is 2.72. The Hall–Kier alpha value is -1.49. The van der Waals surface area contributed by atoms with Crippen molar-refractivity contribution in [1.29, 1.82) is 0 Å². The van der Waals surface area contributed by atoms with Crippen LogP contribution in [0.25, 0.3) is 0 Å². The summed E-state index contributed by atoms with van der Waals surface area (Å²) in [5.41, 5.74) is 0.805. The summed E-state index contributed by atoms with van der Waals surface area (Å²) in [6.45, 7) is -0.196. The minimum Gasteiger partial charge on any atom is -0.392 e. The summed E-state index contributed by atoms with van der Waals surface area (Å²) in [7, 11) is 0. The zero-order valence-corrected chi connectivity index (χ0v) is 7.21. The lowest BCUT2D eigenvalue weighted by Crippen LogP contribution is -2.20. The molecule has 1 amide bonds. The highest BCUT2D eigenvalue weighted by Crippen LogP contribution is 2.11. The number of rotatable bonds is 3. The summed E-state index contributed by atoms with van der Waals surface area (Å²) < 4.78 is 23.7. The topological polar surface area (TPSA) is 49.3 Å². The molecule has 2 N–H and O–H groups in total. The van der Waals surface area contributed by atoms with Crippen LogP contribution in [-0.2, 0) is 11.4 Å².